The van der Waals surface area contributed by atoms with Crippen LogP contribution in [0.4, 0.5) is 5.69 Å². The smallest absolute Gasteiger partial charge is 0.230 e. The quantitative estimate of drug-likeness (QED) is 0.651. The van der Waals surface area contributed by atoms with Crippen LogP contribution in [0.2, 0.25) is 0 Å². The van der Waals surface area contributed by atoms with Crippen molar-refractivity contribution in [3.63, 3.8) is 0 Å². The molecule has 1 unspecified atom stereocenters. The van der Waals surface area contributed by atoms with Crippen LogP contribution in [0.3, 0.4) is 0 Å². The van der Waals surface area contributed by atoms with Crippen LogP contribution < -0.4 is 11.1 Å². The molecular formula is C14H16N2O2S. The fraction of sp³-hybridized carbons (Fsp3) is 0.214. The van der Waals surface area contributed by atoms with Crippen molar-refractivity contribution in [1.29, 1.82) is 0 Å². The summed E-state index contributed by atoms with van der Waals surface area (Å²) in [6.45, 7) is 1.89. The van der Waals surface area contributed by atoms with Crippen molar-refractivity contribution in [2.75, 3.05) is 11.5 Å². The molecule has 19 heavy (non-hydrogen) atoms. The number of carbonyl (C=O) groups excluding carboxylic acids is 1. The Balaban J connectivity index is 1.82. The first-order valence-electron chi connectivity index (χ1n) is 5.96. The van der Waals surface area contributed by atoms with E-state index in [1.54, 1.807) is 12.3 Å². The zero-order valence-corrected chi connectivity index (χ0v) is 11.4. The molecular weight excluding hydrogens is 260 g/mol. The SMILES string of the molecule is CC(NC(=O)CSc1cccc(N)c1)c1ccco1. The molecule has 4 nitrogen and oxygen atoms in total. The van der Waals surface area contributed by atoms with E-state index >= 15 is 0 Å². The largest absolute Gasteiger partial charge is 0.467 e. The molecule has 1 aromatic heterocycles. The van der Waals surface area contributed by atoms with Gasteiger partial charge in [0.15, 0.2) is 0 Å². The van der Waals surface area contributed by atoms with Gasteiger partial charge in [-0.25, -0.2) is 0 Å². The molecule has 2 aromatic rings. The Kier molecular flexibility index (Phi) is 4.52. The molecule has 0 fully saturated rings. The van der Waals surface area contributed by atoms with Gasteiger partial charge in [-0.1, -0.05) is 6.07 Å². The van der Waals surface area contributed by atoms with Crippen molar-refractivity contribution in [2.24, 2.45) is 0 Å². The summed E-state index contributed by atoms with van der Waals surface area (Å²) in [5, 5.41) is 2.88. The van der Waals surface area contributed by atoms with Crippen LogP contribution in [-0.4, -0.2) is 11.7 Å². The van der Waals surface area contributed by atoms with E-state index in [1.165, 1.54) is 11.8 Å². The number of nitrogen functional groups attached to an aromatic ring is 1. The molecule has 0 radical (unpaired) electrons. The molecule has 1 aromatic carbocycles. The highest BCUT2D eigenvalue weighted by molar-refractivity contribution is 8.00. The number of amides is 1. The number of anilines is 1. The van der Waals surface area contributed by atoms with Crippen molar-refractivity contribution in [1.82, 2.24) is 5.32 Å². The summed E-state index contributed by atoms with van der Waals surface area (Å²) in [5.74, 6) is 1.08. The molecule has 3 N–H and O–H groups in total. The normalized spacial score (nSPS) is 12.1. The van der Waals surface area contributed by atoms with Gasteiger partial charge in [-0.15, -0.1) is 11.8 Å². The lowest BCUT2D eigenvalue weighted by atomic mass is 10.2. The maximum absolute atomic E-state index is 11.8. The number of benzene rings is 1. The van der Waals surface area contributed by atoms with Crippen LogP contribution in [0.1, 0.15) is 18.7 Å². The van der Waals surface area contributed by atoms with Gasteiger partial charge in [-0.3, -0.25) is 4.79 Å². The predicted octanol–water partition coefficient (Wildman–Crippen LogP) is 2.83. The summed E-state index contributed by atoms with van der Waals surface area (Å²) in [4.78, 5) is 12.8. The lowest BCUT2D eigenvalue weighted by Gasteiger charge is -2.11. The average molecular weight is 276 g/mol. The number of rotatable bonds is 5. The minimum atomic E-state index is -0.121. The maximum Gasteiger partial charge on any atom is 0.230 e. The Hall–Kier alpha value is -1.88. The Labute approximate surface area is 116 Å². The van der Waals surface area contributed by atoms with Crippen LogP contribution in [0, 0.1) is 0 Å². The third kappa shape index (κ3) is 4.06. The number of furan rings is 1. The lowest BCUT2D eigenvalue weighted by molar-refractivity contribution is -0.119. The first kappa shape index (κ1) is 13.5. The Bertz CT molecular complexity index is 540. The number of nitrogens with two attached hydrogens (primary N) is 1. The van der Waals surface area contributed by atoms with Gasteiger partial charge >= 0.3 is 0 Å². The number of thioether (sulfide) groups is 1. The molecule has 100 valence electrons. The molecule has 0 spiro atoms. The standard InChI is InChI=1S/C14H16N2O2S/c1-10(13-6-3-7-18-13)16-14(17)9-19-12-5-2-4-11(15)8-12/h2-8,10H,9,15H2,1H3,(H,16,17). The Morgan fingerprint density at radius 1 is 1.42 bits per heavy atom. The first-order chi connectivity index (χ1) is 9.15. The van der Waals surface area contributed by atoms with Gasteiger partial charge in [-0.05, 0) is 37.3 Å². The number of carbonyl (C=O) groups is 1. The summed E-state index contributed by atoms with van der Waals surface area (Å²) in [5.41, 5.74) is 6.39. The Morgan fingerprint density at radius 3 is 2.95 bits per heavy atom. The topological polar surface area (TPSA) is 68.3 Å². The summed E-state index contributed by atoms with van der Waals surface area (Å²) in [7, 11) is 0. The van der Waals surface area contributed by atoms with E-state index in [0.29, 0.717) is 11.4 Å². The monoisotopic (exact) mass is 276 g/mol. The molecule has 0 aliphatic carbocycles. The zero-order valence-electron chi connectivity index (χ0n) is 10.6. The molecule has 0 saturated carbocycles. The summed E-state index contributed by atoms with van der Waals surface area (Å²) in [6, 6.07) is 11.0. The minimum absolute atomic E-state index is 0.0312. The van der Waals surface area contributed by atoms with E-state index in [9.17, 15) is 4.79 Å². The summed E-state index contributed by atoms with van der Waals surface area (Å²) < 4.78 is 5.24. The third-order valence-corrected chi connectivity index (χ3v) is 3.57. The second-order valence-corrected chi connectivity index (χ2v) is 5.21. The van der Waals surface area contributed by atoms with Crippen molar-refractivity contribution in [3.8, 4) is 0 Å². The molecule has 2 rings (SSSR count). The van der Waals surface area contributed by atoms with Gasteiger partial charge in [0.05, 0.1) is 18.1 Å². The van der Waals surface area contributed by atoms with Gasteiger partial charge in [0.2, 0.25) is 5.91 Å². The van der Waals surface area contributed by atoms with E-state index in [-0.39, 0.29) is 11.9 Å². The van der Waals surface area contributed by atoms with Crippen molar-refractivity contribution in [3.05, 3.63) is 48.4 Å². The zero-order chi connectivity index (χ0) is 13.7. The minimum Gasteiger partial charge on any atom is -0.467 e. The molecule has 0 saturated heterocycles. The fourth-order valence-corrected chi connectivity index (χ4v) is 2.42. The fourth-order valence-electron chi connectivity index (χ4n) is 1.65. The predicted molar refractivity (Wildman–Crippen MR) is 76.8 cm³/mol. The lowest BCUT2D eigenvalue weighted by Crippen LogP contribution is -2.27. The molecule has 5 heteroatoms. The molecule has 0 aliphatic rings. The van der Waals surface area contributed by atoms with Gasteiger partial charge in [0, 0.05) is 10.6 Å². The van der Waals surface area contributed by atoms with E-state index in [4.69, 9.17) is 10.2 Å². The molecule has 1 amide bonds. The van der Waals surface area contributed by atoms with Crippen molar-refractivity contribution >= 4 is 23.4 Å². The molecule has 0 bridgehead atoms. The van der Waals surface area contributed by atoms with Crippen LogP contribution in [-0.2, 0) is 4.79 Å². The van der Waals surface area contributed by atoms with Gasteiger partial charge in [0.25, 0.3) is 0 Å². The molecule has 0 aliphatic heterocycles. The van der Waals surface area contributed by atoms with E-state index in [2.05, 4.69) is 5.32 Å². The van der Waals surface area contributed by atoms with E-state index in [0.717, 1.165) is 10.7 Å². The van der Waals surface area contributed by atoms with Gasteiger partial charge in [0.1, 0.15) is 5.76 Å². The van der Waals surface area contributed by atoms with Crippen molar-refractivity contribution < 1.29 is 9.21 Å². The highest BCUT2D eigenvalue weighted by Gasteiger charge is 2.11. The van der Waals surface area contributed by atoms with Crippen LogP contribution >= 0.6 is 11.8 Å². The van der Waals surface area contributed by atoms with E-state index < -0.39 is 0 Å². The summed E-state index contributed by atoms with van der Waals surface area (Å²) in [6.07, 6.45) is 1.60. The highest BCUT2D eigenvalue weighted by atomic mass is 32.2. The number of hydrogen-bond acceptors (Lipinski definition) is 4. The van der Waals surface area contributed by atoms with Gasteiger partial charge in [-0.2, -0.15) is 0 Å². The second kappa shape index (κ2) is 6.33. The first-order valence-corrected chi connectivity index (χ1v) is 6.95. The maximum atomic E-state index is 11.8. The van der Waals surface area contributed by atoms with Gasteiger partial charge < -0.3 is 15.5 Å². The Morgan fingerprint density at radius 2 is 2.26 bits per heavy atom. The molecule has 1 heterocycles. The van der Waals surface area contributed by atoms with E-state index in [1.807, 2.05) is 37.3 Å². The highest BCUT2D eigenvalue weighted by Crippen LogP contribution is 2.20. The second-order valence-electron chi connectivity index (χ2n) is 4.17. The average Bonchev–Trinajstić information content (AvgIpc) is 2.90. The summed E-state index contributed by atoms with van der Waals surface area (Å²) >= 11 is 1.46. The number of nitrogens with one attached hydrogen (secondary N) is 1. The van der Waals surface area contributed by atoms with Crippen LogP contribution in [0.15, 0.2) is 52.0 Å². The van der Waals surface area contributed by atoms with Crippen LogP contribution in [0.5, 0.6) is 0 Å². The third-order valence-electron chi connectivity index (χ3n) is 2.58. The molecule has 1 atom stereocenters. The number of hydrogen-bond donors (Lipinski definition) is 2. The van der Waals surface area contributed by atoms with Crippen LogP contribution in [0.25, 0.3) is 0 Å². The van der Waals surface area contributed by atoms with Crippen molar-refractivity contribution in [2.45, 2.75) is 17.9 Å².